The second kappa shape index (κ2) is 9.75. The summed E-state index contributed by atoms with van der Waals surface area (Å²) in [5, 5.41) is 15.9. The number of aliphatic carboxylic acids is 1. The number of rotatable bonds is 10. The fourth-order valence-corrected chi connectivity index (χ4v) is 2.88. The van der Waals surface area contributed by atoms with E-state index in [-0.39, 0.29) is 12.3 Å². The molecule has 0 bridgehead atoms. The molecule has 2 rings (SSSR count). The molecule has 1 aromatic carbocycles. The number of carboxylic acid groups (broad SMARTS) is 1. The zero-order valence-corrected chi connectivity index (χ0v) is 15.5. The molecule has 6 heteroatoms. The van der Waals surface area contributed by atoms with Crippen molar-refractivity contribution in [2.45, 2.75) is 52.4 Å². The van der Waals surface area contributed by atoms with E-state index in [1.807, 2.05) is 48.9 Å². The molecule has 0 saturated carbocycles. The summed E-state index contributed by atoms with van der Waals surface area (Å²) in [5.41, 5.74) is 3.60. The lowest BCUT2D eigenvalue weighted by molar-refractivity contribution is -0.137. The van der Waals surface area contributed by atoms with Gasteiger partial charge >= 0.3 is 5.97 Å². The van der Waals surface area contributed by atoms with Crippen LogP contribution in [0.2, 0.25) is 0 Å². The first kappa shape index (κ1) is 19.7. The molecule has 0 aliphatic rings. The topological polar surface area (TPSA) is 84.2 Å². The van der Waals surface area contributed by atoms with E-state index in [4.69, 9.17) is 5.11 Å². The summed E-state index contributed by atoms with van der Waals surface area (Å²) in [6.45, 7) is 4.59. The Kier molecular flexibility index (Phi) is 7.38. The fourth-order valence-electron chi connectivity index (χ4n) is 2.88. The highest BCUT2D eigenvalue weighted by Crippen LogP contribution is 2.13. The minimum atomic E-state index is -0.735. The van der Waals surface area contributed by atoms with Crippen molar-refractivity contribution in [2.75, 3.05) is 6.54 Å². The van der Waals surface area contributed by atoms with Crippen molar-refractivity contribution in [3.63, 3.8) is 0 Å². The zero-order valence-electron chi connectivity index (χ0n) is 15.5. The standard InChI is InChI=1S/C20H27N3O3/c1-15-14-16(2)23(22-15)18-11-9-17(10-12-18)20(26)21-13-7-5-3-4-6-8-19(24)25/h9-12,14H,3-8,13H2,1-2H3,(H,21,26)(H,24,25). The van der Waals surface area contributed by atoms with Crippen molar-refractivity contribution in [2.24, 2.45) is 0 Å². The number of hydrogen-bond acceptors (Lipinski definition) is 3. The van der Waals surface area contributed by atoms with E-state index in [1.165, 1.54) is 0 Å². The van der Waals surface area contributed by atoms with Crippen LogP contribution in [0.3, 0.4) is 0 Å². The average molecular weight is 357 g/mol. The summed E-state index contributed by atoms with van der Waals surface area (Å²) < 4.78 is 1.86. The van der Waals surface area contributed by atoms with Gasteiger partial charge in [0.05, 0.1) is 11.4 Å². The van der Waals surface area contributed by atoms with Gasteiger partial charge in [0.25, 0.3) is 5.91 Å². The molecular formula is C20H27N3O3. The Morgan fingerprint density at radius 2 is 1.69 bits per heavy atom. The number of nitrogens with zero attached hydrogens (tertiary/aromatic N) is 2. The summed E-state index contributed by atoms with van der Waals surface area (Å²) in [7, 11) is 0. The largest absolute Gasteiger partial charge is 0.481 e. The first-order valence-electron chi connectivity index (χ1n) is 9.11. The molecule has 2 aromatic rings. The van der Waals surface area contributed by atoms with Gasteiger partial charge in [-0.1, -0.05) is 19.3 Å². The van der Waals surface area contributed by atoms with Gasteiger partial charge in [-0.15, -0.1) is 0 Å². The molecule has 1 aromatic heterocycles. The third-order valence-corrected chi connectivity index (χ3v) is 4.24. The molecule has 140 valence electrons. The Balaban J connectivity index is 1.71. The van der Waals surface area contributed by atoms with E-state index in [9.17, 15) is 9.59 Å². The second-order valence-corrected chi connectivity index (χ2v) is 6.55. The SMILES string of the molecule is Cc1cc(C)n(-c2ccc(C(=O)NCCCCCCCC(=O)O)cc2)n1. The molecule has 0 unspecified atom stereocenters. The Morgan fingerprint density at radius 3 is 2.31 bits per heavy atom. The molecule has 26 heavy (non-hydrogen) atoms. The van der Waals surface area contributed by atoms with Crippen molar-refractivity contribution in [3.05, 3.63) is 47.3 Å². The van der Waals surface area contributed by atoms with E-state index in [0.717, 1.165) is 49.2 Å². The molecule has 0 radical (unpaired) electrons. The van der Waals surface area contributed by atoms with Crippen LogP contribution in [0.25, 0.3) is 5.69 Å². The second-order valence-electron chi connectivity index (χ2n) is 6.55. The molecule has 0 saturated heterocycles. The molecule has 0 spiro atoms. The fraction of sp³-hybridized carbons (Fsp3) is 0.450. The summed E-state index contributed by atoms with van der Waals surface area (Å²) >= 11 is 0. The number of carbonyl (C=O) groups is 2. The van der Waals surface area contributed by atoms with E-state index < -0.39 is 5.97 Å². The molecule has 0 aliphatic carbocycles. The number of amides is 1. The number of aromatic nitrogens is 2. The van der Waals surface area contributed by atoms with Crippen LogP contribution < -0.4 is 5.32 Å². The van der Waals surface area contributed by atoms with Gasteiger partial charge < -0.3 is 10.4 Å². The first-order chi connectivity index (χ1) is 12.5. The van der Waals surface area contributed by atoms with Crippen LogP contribution in [0, 0.1) is 13.8 Å². The minimum Gasteiger partial charge on any atom is -0.481 e. The quantitative estimate of drug-likeness (QED) is 0.636. The van der Waals surface area contributed by atoms with Crippen LogP contribution in [0.5, 0.6) is 0 Å². The van der Waals surface area contributed by atoms with Gasteiger partial charge in [0.2, 0.25) is 0 Å². The van der Waals surface area contributed by atoms with Crippen molar-refractivity contribution < 1.29 is 14.7 Å². The highest BCUT2D eigenvalue weighted by atomic mass is 16.4. The maximum absolute atomic E-state index is 12.2. The van der Waals surface area contributed by atoms with Crippen LogP contribution in [0.15, 0.2) is 30.3 Å². The number of carboxylic acids is 1. The van der Waals surface area contributed by atoms with Gasteiger partial charge in [0.1, 0.15) is 0 Å². The highest BCUT2D eigenvalue weighted by molar-refractivity contribution is 5.94. The number of hydrogen-bond donors (Lipinski definition) is 2. The molecule has 0 aliphatic heterocycles. The smallest absolute Gasteiger partial charge is 0.303 e. The van der Waals surface area contributed by atoms with E-state index in [1.54, 1.807) is 0 Å². The summed E-state index contributed by atoms with van der Waals surface area (Å²) in [5.74, 6) is -0.808. The van der Waals surface area contributed by atoms with E-state index in [2.05, 4.69) is 10.4 Å². The maximum Gasteiger partial charge on any atom is 0.303 e. The van der Waals surface area contributed by atoms with Crippen LogP contribution in [-0.2, 0) is 4.79 Å². The van der Waals surface area contributed by atoms with Gasteiger partial charge in [0.15, 0.2) is 0 Å². The average Bonchev–Trinajstić information content (AvgIpc) is 2.95. The third-order valence-electron chi connectivity index (χ3n) is 4.24. The minimum absolute atomic E-state index is 0.0733. The summed E-state index contributed by atoms with van der Waals surface area (Å²) in [6, 6.07) is 9.44. The first-order valence-corrected chi connectivity index (χ1v) is 9.11. The molecule has 2 N–H and O–H groups in total. The predicted octanol–water partition coefficient (Wildman–Crippen LogP) is 3.64. The van der Waals surface area contributed by atoms with Gasteiger partial charge in [-0.3, -0.25) is 9.59 Å². The van der Waals surface area contributed by atoms with Crippen LogP contribution in [-0.4, -0.2) is 33.3 Å². The predicted molar refractivity (Wildman–Crippen MR) is 101 cm³/mol. The van der Waals surface area contributed by atoms with Gasteiger partial charge in [0, 0.05) is 24.2 Å². The Morgan fingerprint density at radius 1 is 1.04 bits per heavy atom. The van der Waals surface area contributed by atoms with Crippen molar-refractivity contribution in [3.8, 4) is 5.69 Å². The third kappa shape index (κ3) is 6.02. The van der Waals surface area contributed by atoms with E-state index in [0.29, 0.717) is 12.1 Å². The van der Waals surface area contributed by atoms with Crippen LogP contribution in [0.1, 0.15) is 60.3 Å². The molecule has 6 nitrogen and oxygen atoms in total. The number of nitrogens with one attached hydrogen (secondary N) is 1. The molecule has 0 fully saturated rings. The zero-order chi connectivity index (χ0) is 18.9. The Hall–Kier alpha value is -2.63. The van der Waals surface area contributed by atoms with Gasteiger partial charge in [-0.2, -0.15) is 5.10 Å². The Bertz CT molecular complexity index is 735. The monoisotopic (exact) mass is 357 g/mol. The lowest BCUT2D eigenvalue weighted by Gasteiger charge is -2.07. The molecule has 1 amide bonds. The number of aryl methyl sites for hydroxylation is 2. The van der Waals surface area contributed by atoms with Crippen molar-refractivity contribution >= 4 is 11.9 Å². The maximum atomic E-state index is 12.2. The lowest BCUT2D eigenvalue weighted by atomic mass is 10.1. The number of carbonyl (C=O) groups excluding carboxylic acids is 1. The summed E-state index contributed by atoms with van der Waals surface area (Å²) in [6.07, 6.45) is 4.79. The van der Waals surface area contributed by atoms with E-state index >= 15 is 0 Å². The van der Waals surface area contributed by atoms with Gasteiger partial charge in [-0.25, -0.2) is 4.68 Å². The molecule has 1 heterocycles. The number of benzene rings is 1. The number of unbranched alkanes of at least 4 members (excludes halogenated alkanes) is 4. The Labute approximate surface area is 154 Å². The molecular weight excluding hydrogens is 330 g/mol. The molecule has 0 atom stereocenters. The van der Waals surface area contributed by atoms with Crippen LogP contribution in [0.4, 0.5) is 0 Å². The lowest BCUT2D eigenvalue weighted by Crippen LogP contribution is -2.24. The van der Waals surface area contributed by atoms with Crippen molar-refractivity contribution in [1.29, 1.82) is 0 Å². The normalized spacial score (nSPS) is 10.7. The van der Waals surface area contributed by atoms with Crippen molar-refractivity contribution in [1.82, 2.24) is 15.1 Å². The summed E-state index contributed by atoms with van der Waals surface area (Å²) in [4.78, 5) is 22.6. The highest BCUT2D eigenvalue weighted by Gasteiger charge is 2.07. The van der Waals surface area contributed by atoms with Gasteiger partial charge in [-0.05, 0) is 57.0 Å². The van der Waals surface area contributed by atoms with Crippen LogP contribution >= 0.6 is 0 Å².